The van der Waals surface area contributed by atoms with Crippen molar-refractivity contribution < 1.29 is 13.5 Å². The second kappa shape index (κ2) is 9.07. The summed E-state index contributed by atoms with van der Waals surface area (Å²) in [5.74, 6) is 0.645. The first-order valence-electron chi connectivity index (χ1n) is 7.94. The van der Waals surface area contributed by atoms with Gasteiger partial charge in [-0.05, 0) is 69.9 Å². The Kier molecular flexibility index (Phi) is 6.80. The minimum Gasteiger partial charge on any atom is -0.363 e. The zero-order valence-corrected chi connectivity index (χ0v) is 16.8. The van der Waals surface area contributed by atoms with Crippen LogP contribution in [0, 0.1) is 0 Å². The van der Waals surface area contributed by atoms with Gasteiger partial charge in [0.15, 0.2) is 5.82 Å². The number of nitrogens with zero attached hydrogens (tertiary/aromatic N) is 3. The number of fused-ring (bicyclic) bond motifs is 1. The molecule has 0 fully saturated rings. The number of thiophene rings is 1. The third kappa shape index (κ3) is 4.91. The first-order valence-corrected chi connectivity index (χ1v) is 9.99. The van der Waals surface area contributed by atoms with Gasteiger partial charge in [0.1, 0.15) is 10.1 Å². The highest BCUT2D eigenvalue weighted by Gasteiger charge is 2.14. The Morgan fingerprint density at radius 1 is 1.38 bits per heavy atom. The number of anilines is 1. The van der Waals surface area contributed by atoms with E-state index >= 15 is 0 Å². The van der Waals surface area contributed by atoms with E-state index in [0.29, 0.717) is 25.2 Å². The Bertz CT molecular complexity index is 860. The van der Waals surface area contributed by atoms with Gasteiger partial charge in [0.05, 0.1) is 13.2 Å². The summed E-state index contributed by atoms with van der Waals surface area (Å²) in [6, 6.07) is 6.01. The Hall–Kier alpha value is -1.29. The number of halogens is 4. The summed E-state index contributed by atoms with van der Waals surface area (Å²) in [5, 5.41) is 9.68. The van der Waals surface area contributed by atoms with Crippen LogP contribution in [0.2, 0.25) is 5.28 Å². The highest BCUT2D eigenvalue weighted by molar-refractivity contribution is 9.10. The molecule has 0 spiro atoms. The lowest BCUT2D eigenvalue weighted by Crippen LogP contribution is -2.05. The van der Waals surface area contributed by atoms with Gasteiger partial charge in [0.25, 0.3) is 0 Å². The SMILES string of the molecule is FC(F)OCCCCc1cc2c(NCc3cccs3)nc(Cl)nn2c1Br. The number of rotatable bonds is 9. The van der Waals surface area contributed by atoms with Gasteiger partial charge in [-0.25, -0.2) is 4.52 Å². The molecule has 0 aliphatic rings. The summed E-state index contributed by atoms with van der Waals surface area (Å²) in [6.07, 6.45) is 1.98. The van der Waals surface area contributed by atoms with Gasteiger partial charge >= 0.3 is 6.61 Å². The first-order chi connectivity index (χ1) is 12.5. The minimum absolute atomic E-state index is 0.0436. The summed E-state index contributed by atoms with van der Waals surface area (Å²) >= 11 is 11.2. The van der Waals surface area contributed by atoms with Crippen LogP contribution in [0.1, 0.15) is 23.3 Å². The monoisotopic (exact) mass is 464 g/mol. The summed E-state index contributed by atoms with van der Waals surface area (Å²) in [4.78, 5) is 5.47. The average molecular weight is 466 g/mol. The maximum absolute atomic E-state index is 12.0. The van der Waals surface area contributed by atoms with Gasteiger partial charge in [-0.2, -0.15) is 13.8 Å². The molecule has 1 N–H and O–H groups in total. The Morgan fingerprint density at radius 2 is 2.23 bits per heavy atom. The van der Waals surface area contributed by atoms with Crippen LogP contribution in [0.3, 0.4) is 0 Å². The molecule has 26 heavy (non-hydrogen) atoms. The lowest BCUT2D eigenvalue weighted by molar-refractivity contribution is -0.129. The van der Waals surface area contributed by atoms with E-state index in [9.17, 15) is 8.78 Å². The molecule has 0 radical (unpaired) electrons. The second-order valence-corrected chi connectivity index (χ2v) is 7.63. The highest BCUT2D eigenvalue weighted by Crippen LogP contribution is 2.28. The molecule has 0 bridgehead atoms. The smallest absolute Gasteiger partial charge is 0.345 e. The molecule has 3 aromatic rings. The summed E-state index contributed by atoms with van der Waals surface area (Å²) < 4.78 is 30.7. The number of hydrogen-bond acceptors (Lipinski definition) is 5. The van der Waals surface area contributed by atoms with E-state index in [-0.39, 0.29) is 11.9 Å². The maximum atomic E-state index is 12.0. The normalized spacial score (nSPS) is 11.6. The molecule has 0 aliphatic heterocycles. The van der Waals surface area contributed by atoms with Gasteiger partial charge in [-0.3, -0.25) is 0 Å². The number of hydrogen-bond donors (Lipinski definition) is 1. The topological polar surface area (TPSA) is 51.5 Å². The molecule has 3 heterocycles. The van der Waals surface area contributed by atoms with Crippen molar-refractivity contribution >= 4 is 50.2 Å². The van der Waals surface area contributed by atoms with Crippen molar-refractivity contribution in [2.24, 2.45) is 0 Å². The van der Waals surface area contributed by atoms with Gasteiger partial charge in [-0.15, -0.1) is 16.4 Å². The van der Waals surface area contributed by atoms with Gasteiger partial charge in [0.2, 0.25) is 5.28 Å². The van der Waals surface area contributed by atoms with E-state index in [4.69, 9.17) is 11.6 Å². The third-order valence-corrected chi connectivity index (χ3v) is 5.60. The van der Waals surface area contributed by atoms with Crippen LogP contribution < -0.4 is 5.32 Å². The zero-order valence-electron chi connectivity index (χ0n) is 13.6. The molecule has 3 rings (SSSR count). The molecule has 140 valence electrons. The molecule has 0 atom stereocenters. The number of ether oxygens (including phenoxy) is 1. The van der Waals surface area contributed by atoms with Crippen molar-refractivity contribution in [1.82, 2.24) is 14.6 Å². The van der Waals surface area contributed by atoms with Gasteiger partial charge < -0.3 is 10.1 Å². The molecule has 0 aliphatic carbocycles. The van der Waals surface area contributed by atoms with Crippen molar-refractivity contribution in [1.29, 1.82) is 0 Å². The van der Waals surface area contributed by atoms with Crippen LogP contribution in [-0.2, 0) is 17.7 Å². The van der Waals surface area contributed by atoms with Crippen LogP contribution in [0.4, 0.5) is 14.6 Å². The van der Waals surface area contributed by atoms with E-state index in [1.165, 1.54) is 4.88 Å². The first kappa shape index (κ1) is 19.5. The summed E-state index contributed by atoms with van der Waals surface area (Å²) in [7, 11) is 0. The van der Waals surface area contributed by atoms with Crippen LogP contribution in [-0.4, -0.2) is 27.8 Å². The van der Waals surface area contributed by atoms with Crippen LogP contribution in [0.5, 0.6) is 0 Å². The number of nitrogens with one attached hydrogen (secondary N) is 1. The molecular weight excluding hydrogens is 450 g/mol. The second-order valence-electron chi connectivity index (χ2n) is 5.51. The van der Waals surface area contributed by atoms with Crippen LogP contribution in [0.15, 0.2) is 28.2 Å². The van der Waals surface area contributed by atoms with Crippen LogP contribution in [0.25, 0.3) is 5.52 Å². The van der Waals surface area contributed by atoms with Gasteiger partial charge in [0, 0.05) is 4.88 Å². The van der Waals surface area contributed by atoms with E-state index in [1.807, 2.05) is 23.6 Å². The molecular formula is C16H16BrClF2N4OS. The van der Waals surface area contributed by atoms with E-state index < -0.39 is 6.61 Å². The third-order valence-electron chi connectivity index (χ3n) is 3.71. The Balaban J connectivity index is 1.72. The number of alkyl halides is 2. The van der Waals surface area contributed by atoms with Crippen molar-refractivity contribution in [3.05, 3.63) is 43.9 Å². The molecule has 10 heteroatoms. The molecule has 0 aromatic carbocycles. The molecule has 0 saturated carbocycles. The number of aromatic nitrogens is 3. The minimum atomic E-state index is -2.71. The van der Waals surface area contributed by atoms with Crippen molar-refractivity contribution in [2.45, 2.75) is 32.4 Å². The fraction of sp³-hybridized carbons (Fsp3) is 0.375. The Labute approximate surface area is 166 Å². The van der Waals surface area contributed by atoms with Crippen molar-refractivity contribution in [2.75, 3.05) is 11.9 Å². The lowest BCUT2D eigenvalue weighted by atomic mass is 10.1. The van der Waals surface area contributed by atoms with E-state index in [0.717, 1.165) is 22.1 Å². The molecule has 5 nitrogen and oxygen atoms in total. The summed E-state index contributed by atoms with van der Waals surface area (Å²) in [5.41, 5.74) is 1.81. The molecule has 0 amide bonds. The fourth-order valence-corrected chi connectivity index (χ4v) is 3.92. The van der Waals surface area contributed by atoms with Crippen molar-refractivity contribution in [3.8, 4) is 0 Å². The maximum Gasteiger partial charge on any atom is 0.345 e. The quantitative estimate of drug-likeness (QED) is 0.431. The molecule has 3 aromatic heterocycles. The number of unbranched alkanes of at least 4 members (excludes halogenated alkanes) is 1. The summed E-state index contributed by atoms with van der Waals surface area (Å²) in [6.45, 7) is -2.03. The average Bonchev–Trinajstić information content (AvgIpc) is 3.22. The highest BCUT2D eigenvalue weighted by atomic mass is 79.9. The number of aryl methyl sites for hydroxylation is 1. The molecule has 0 saturated heterocycles. The van der Waals surface area contributed by atoms with Crippen LogP contribution >= 0.6 is 38.9 Å². The standard InChI is InChI=1S/C16H16BrClF2N4OS/c17-13-10(4-1-2-6-25-16(19)20)8-12-14(22-15(18)23-24(12)13)21-9-11-5-3-7-26-11/h3,5,7-8,16H,1-2,4,6,9H2,(H,21,22,23). The lowest BCUT2D eigenvalue weighted by Gasteiger charge is -2.06. The van der Waals surface area contributed by atoms with Gasteiger partial charge in [-0.1, -0.05) is 6.07 Å². The van der Waals surface area contributed by atoms with Crippen molar-refractivity contribution in [3.63, 3.8) is 0 Å². The van der Waals surface area contributed by atoms with E-state index in [2.05, 4.69) is 36.1 Å². The zero-order chi connectivity index (χ0) is 18.5. The Morgan fingerprint density at radius 3 is 2.96 bits per heavy atom. The van der Waals surface area contributed by atoms with E-state index in [1.54, 1.807) is 15.9 Å². The predicted molar refractivity (Wildman–Crippen MR) is 102 cm³/mol. The predicted octanol–water partition coefficient (Wildman–Crippen LogP) is 5.38. The molecule has 0 unspecified atom stereocenters. The largest absolute Gasteiger partial charge is 0.363 e. The fourth-order valence-electron chi connectivity index (χ4n) is 2.53.